The number of nitriles is 1. The van der Waals surface area contributed by atoms with Crippen molar-refractivity contribution in [3.05, 3.63) is 103 Å². The Labute approximate surface area is 235 Å². The first-order valence-corrected chi connectivity index (χ1v) is 13.1. The second kappa shape index (κ2) is 11.6. The molecular formula is C31H25N7O3. The van der Waals surface area contributed by atoms with Crippen LogP contribution in [0.1, 0.15) is 12.1 Å². The van der Waals surface area contributed by atoms with Gasteiger partial charge in [-0.05, 0) is 61.0 Å². The van der Waals surface area contributed by atoms with Crippen molar-refractivity contribution in [2.24, 2.45) is 0 Å². The number of amides is 1. The predicted molar refractivity (Wildman–Crippen MR) is 153 cm³/mol. The first-order valence-electron chi connectivity index (χ1n) is 13.1. The van der Waals surface area contributed by atoms with Crippen LogP contribution >= 0.6 is 0 Å². The number of carbonyl (C=O) groups is 1. The summed E-state index contributed by atoms with van der Waals surface area (Å²) in [6.45, 7) is 0.937. The quantitative estimate of drug-likeness (QED) is 0.192. The fraction of sp³-hybridized carbons (Fsp3) is 0.129. The Balaban J connectivity index is 1.14. The molecule has 0 saturated carbocycles. The van der Waals surface area contributed by atoms with Crippen LogP contribution in [-0.2, 0) is 4.79 Å². The topological polar surface area (TPSA) is 129 Å². The molecule has 6 rings (SSSR count). The molecule has 1 fully saturated rings. The van der Waals surface area contributed by atoms with Gasteiger partial charge in [0.2, 0.25) is 0 Å². The number of hydrogen-bond acceptors (Lipinski definition) is 8. The number of ether oxygens (including phenoxy) is 2. The molecule has 4 heterocycles. The number of hydrogen-bond donors (Lipinski definition) is 2. The van der Waals surface area contributed by atoms with Crippen molar-refractivity contribution in [3.8, 4) is 29.1 Å². The summed E-state index contributed by atoms with van der Waals surface area (Å²) in [4.78, 5) is 23.3. The molecule has 202 valence electrons. The first kappa shape index (κ1) is 25.6. The number of H-pyrrole nitrogens is 1. The van der Waals surface area contributed by atoms with E-state index in [-0.39, 0.29) is 17.5 Å². The molecule has 2 N–H and O–H groups in total. The number of aromatic nitrogens is 4. The van der Waals surface area contributed by atoms with E-state index in [1.165, 1.54) is 6.08 Å². The summed E-state index contributed by atoms with van der Waals surface area (Å²) in [5, 5.41) is 21.1. The number of aromatic amines is 1. The fourth-order valence-corrected chi connectivity index (χ4v) is 4.62. The highest BCUT2D eigenvalue weighted by atomic mass is 16.5. The Hall–Kier alpha value is -5.69. The lowest BCUT2D eigenvalue weighted by atomic mass is 10.2. The van der Waals surface area contributed by atoms with E-state index in [4.69, 9.17) is 9.47 Å². The second-order valence-electron chi connectivity index (χ2n) is 9.40. The average molecular weight is 544 g/mol. The van der Waals surface area contributed by atoms with Gasteiger partial charge in [-0.25, -0.2) is 4.98 Å². The number of nitrogens with zero attached hydrogens (tertiary/aromatic N) is 5. The predicted octanol–water partition coefficient (Wildman–Crippen LogP) is 5.56. The molecule has 10 heteroatoms. The van der Waals surface area contributed by atoms with Crippen molar-refractivity contribution in [1.29, 1.82) is 5.26 Å². The SMILES string of the molecule is N#CC(=Cc1ccccn1)C(=O)N1CCC(Nc2n[nH]c3nccc(Oc4ccc(Oc5ccccc5)cc4)c23)C1. The van der Waals surface area contributed by atoms with E-state index in [9.17, 15) is 10.1 Å². The zero-order valence-corrected chi connectivity index (χ0v) is 21.9. The minimum Gasteiger partial charge on any atom is -0.457 e. The third-order valence-electron chi connectivity index (χ3n) is 6.60. The normalized spacial score (nSPS) is 15.0. The second-order valence-corrected chi connectivity index (χ2v) is 9.40. The number of carbonyl (C=O) groups excluding carboxylic acids is 1. The van der Waals surface area contributed by atoms with Crippen molar-refractivity contribution in [2.75, 3.05) is 18.4 Å². The lowest BCUT2D eigenvalue weighted by Crippen LogP contribution is -2.32. The highest BCUT2D eigenvalue weighted by Crippen LogP contribution is 2.34. The number of rotatable bonds is 8. The van der Waals surface area contributed by atoms with E-state index in [1.807, 2.05) is 66.7 Å². The monoisotopic (exact) mass is 543 g/mol. The van der Waals surface area contributed by atoms with Gasteiger partial charge >= 0.3 is 0 Å². The van der Waals surface area contributed by atoms with Crippen LogP contribution < -0.4 is 14.8 Å². The number of pyridine rings is 2. The van der Waals surface area contributed by atoms with Gasteiger partial charge in [0, 0.05) is 37.6 Å². The maximum Gasteiger partial charge on any atom is 0.264 e. The van der Waals surface area contributed by atoms with Crippen LogP contribution in [0.25, 0.3) is 17.1 Å². The summed E-state index contributed by atoms with van der Waals surface area (Å²) in [7, 11) is 0. The summed E-state index contributed by atoms with van der Waals surface area (Å²) in [6.07, 6.45) is 5.49. The molecule has 5 aromatic rings. The molecule has 1 atom stereocenters. The van der Waals surface area contributed by atoms with Crippen molar-refractivity contribution in [3.63, 3.8) is 0 Å². The molecule has 1 aliphatic rings. The third-order valence-corrected chi connectivity index (χ3v) is 6.60. The number of nitrogens with one attached hydrogen (secondary N) is 2. The van der Waals surface area contributed by atoms with Crippen molar-refractivity contribution < 1.29 is 14.3 Å². The lowest BCUT2D eigenvalue weighted by molar-refractivity contribution is -0.125. The largest absolute Gasteiger partial charge is 0.457 e. The van der Waals surface area contributed by atoms with Crippen LogP contribution in [-0.4, -0.2) is 50.1 Å². The molecule has 1 unspecified atom stereocenters. The van der Waals surface area contributed by atoms with Crippen molar-refractivity contribution in [2.45, 2.75) is 12.5 Å². The van der Waals surface area contributed by atoms with Crippen LogP contribution in [0, 0.1) is 11.3 Å². The summed E-state index contributed by atoms with van der Waals surface area (Å²) in [5.74, 6) is 2.93. The van der Waals surface area contributed by atoms with Gasteiger partial charge in [-0.2, -0.15) is 10.4 Å². The molecule has 0 spiro atoms. The molecule has 1 amide bonds. The Morgan fingerprint density at radius 1 is 0.951 bits per heavy atom. The molecule has 0 aliphatic carbocycles. The van der Waals surface area contributed by atoms with Crippen LogP contribution in [0.4, 0.5) is 5.82 Å². The number of anilines is 1. The zero-order chi connectivity index (χ0) is 28.0. The van der Waals surface area contributed by atoms with E-state index in [1.54, 1.807) is 35.5 Å². The standard InChI is InChI=1S/C31H25N7O3/c32-19-21(18-22-6-4-5-15-33-22)31(39)38-17-14-23(20-38)35-30-28-27(13-16-34-29(28)36-37-30)41-26-11-9-25(10-12-26)40-24-7-2-1-3-8-24/h1-13,15-16,18,23H,14,17,20H2,(H2,34,35,36,37). The average Bonchev–Trinajstić information content (AvgIpc) is 3.66. The molecule has 2 aromatic carbocycles. The van der Waals surface area contributed by atoms with Crippen molar-refractivity contribution in [1.82, 2.24) is 25.1 Å². The van der Waals surface area contributed by atoms with E-state index in [0.29, 0.717) is 59.3 Å². The van der Waals surface area contributed by atoms with Gasteiger partial charge in [-0.15, -0.1) is 0 Å². The number of likely N-dealkylation sites (tertiary alicyclic amines) is 1. The minimum atomic E-state index is -0.320. The molecule has 41 heavy (non-hydrogen) atoms. The minimum absolute atomic E-state index is 0.0506. The Morgan fingerprint density at radius 3 is 2.46 bits per heavy atom. The van der Waals surface area contributed by atoms with Crippen LogP contribution in [0.5, 0.6) is 23.0 Å². The van der Waals surface area contributed by atoms with Gasteiger partial charge in [-0.1, -0.05) is 24.3 Å². The Morgan fingerprint density at radius 2 is 1.71 bits per heavy atom. The van der Waals surface area contributed by atoms with Gasteiger partial charge in [0.15, 0.2) is 11.5 Å². The third kappa shape index (κ3) is 5.84. The molecule has 0 bridgehead atoms. The van der Waals surface area contributed by atoms with E-state index in [0.717, 1.165) is 5.75 Å². The molecule has 1 saturated heterocycles. The highest BCUT2D eigenvalue weighted by Gasteiger charge is 2.29. The Bertz CT molecular complexity index is 1730. The van der Waals surface area contributed by atoms with E-state index < -0.39 is 0 Å². The highest BCUT2D eigenvalue weighted by molar-refractivity contribution is 6.01. The first-order chi connectivity index (χ1) is 20.2. The number of benzene rings is 2. The van der Waals surface area contributed by atoms with Gasteiger partial charge in [0.25, 0.3) is 5.91 Å². The van der Waals surface area contributed by atoms with Crippen LogP contribution in [0.3, 0.4) is 0 Å². The van der Waals surface area contributed by atoms with Gasteiger partial charge in [0.05, 0.1) is 5.69 Å². The van der Waals surface area contributed by atoms with E-state index >= 15 is 0 Å². The molecule has 10 nitrogen and oxygen atoms in total. The summed E-state index contributed by atoms with van der Waals surface area (Å²) >= 11 is 0. The van der Waals surface area contributed by atoms with Crippen molar-refractivity contribution >= 4 is 28.8 Å². The summed E-state index contributed by atoms with van der Waals surface area (Å²) in [6, 6.07) is 26.0. The smallest absolute Gasteiger partial charge is 0.264 e. The number of para-hydroxylation sites is 1. The molecular weight excluding hydrogens is 518 g/mol. The van der Waals surface area contributed by atoms with E-state index in [2.05, 4.69) is 25.5 Å². The summed E-state index contributed by atoms with van der Waals surface area (Å²) < 4.78 is 12.1. The maximum absolute atomic E-state index is 13.0. The Kier molecular flexibility index (Phi) is 7.23. The molecule has 0 radical (unpaired) electrons. The summed E-state index contributed by atoms with van der Waals surface area (Å²) in [5.41, 5.74) is 1.19. The van der Waals surface area contributed by atoms with Crippen LogP contribution in [0.15, 0.2) is 96.8 Å². The lowest BCUT2D eigenvalue weighted by Gasteiger charge is -2.17. The molecule has 3 aromatic heterocycles. The molecule has 1 aliphatic heterocycles. The van der Waals surface area contributed by atoms with Crippen LogP contribution in [0.2, 0.25) is 0 Å². The maximum atomic E-state index is 13.0. The fourth-order valence-electron chi connectivity index (χ4n) is 4.62. The van der Waals surface area contributed by atoms with Gasteiger partial charge in [-0.3, -0.25) is 14.9 Å². The zero-order valence-electron chi connectivity index (χ0n) is 21.9. The van der Waals surface area contributed by atoms with Gasteiger partial charge < -0.3 is 19.7 Å². The van der Waals surface area contributed by atoms with Gasteiger partial charge in [0.1, 0.15) is 40.0 Å². The number of fused-ring (bicyclic) bond motifs is 1.